The number of benzene rings is 3. The summed E-state index contributed by atoms with van der Waals surface area (Å²) in [7, 11) is 1.63. The highest BCUT2D eigenvalue weighted by molar-refractivity contribution is 5.89. The number of nitriles is 1. The molecule has 0 spiro atoms. The Morgan fingerprint density at radius 3 is 2.03 bits per heavy atom. The molecule has 0 fully saturated rings. The van der Waals surface area contributed by atoms with E-state index in [-0.39, 0.29) is 0 Å². The molecular formula is C28H20N4O2. The van der Waals surface area contributed by atoms with E-state index >= 15 is 0 Å². The van der Waals surface area contributed by atoms with Gasteiger partial charge in [0.1, 0.15) is 23.1 Å². The average Bonchev–Trinajstić information content (AvgIpc) is 3.28. The third-order valence-electron chi connectivity index (χ3n) is 5.41. The predicted octanol–water partition coefficient (Wildman–Crippen LogP) is 6.69. The lowest BCUT2D eigenvalue weighted by Crippen LogP contribution is -1.97. The first kappa shape index (κ1) is 21.0. The van der Waals surface area contributed by atoms with Crippen molar-refractivity contribution >= 4 is 11.7 Å². The second kappa shape index (κ2) is 9.31. The number of nitrogens with zero attached hydrogens (tertiary/aromatic N) is 3. The van der Waals surface area contributed by atoms with Crippen molar-refractivity contribution in [1.82, 2.24) is 10.2 Å². The number of furan rings is 1. The Kier molecular flexibility index (Phi) is 5.74. The lowest BCUT2D eigenvalue weighted by molar-refractivity contribution is 0.415. The summed E-state index contributed by atoms with van der Waals surface area (Å²) >= 11 is 0. The molecule has 34 heavy (non-hydrogen) atoms. The zero-order chi connectivity index (χ0) is 23.3. The van der Waals surface area contributed by atoms with Crippen molar-refractivity contribution in [2.45, 2.75) is 0 Å². The molecule has 0 amide bonds. The minimum absolute atomic E-state index is 0.326. The minimum Gasteiger partial charge on any atom is -0.497 e. The largest absolute Gasteiger partial charge is 0.497 e. The third-order valence-corrected chi connectivity index (χ3v) is 5.41. The molecule has 0 atom stereocenters. The molecule has 3 aromatic carbocycles. The third kappa shape index (κ3) is 4.10. The van der Waals surface area contributed by atoms with E-state index in [2.05, 4.69) is 21.6 Å². The molecule has 5 rings (SSSR count). The standard InChI is InChI=1S/C28H20N4O2/c1-33-22-14-12-19(13-15-22)24-16-17-25(32-31-24)30-28-23(18-29)26(20-8-4-2-5-9-20)27(34-28)21-10-6-3-7-11-21/h2-17H,1H3,(H,30,32). The molecule has 0 aliphatic rings. The van der Waals surface area contributed by atoms with E-state index in [1.54, 1.807) is 13.2 Å². The van der Waals surface area contributed by atoms with Crippen LogP contribution in [-0.4, -0.2) is 17.3 Å². The molecule has 0 saturated carbocycles. The van der Waals surface area contributed by atoms with Gasteiger partial charge >= 0.3 is 0 Å². The first-order valence-electron chi connectivity index (χ1n) is 10.7. The Bertz CT molecular complexity index is 1440. The van der Waals surface area contributed by atoms with E-state index in [1.807, 2.05) is 91.0 Å². The summed E-state index contributed by atoms with van der Waals surface area (Å²) in [6, 6.07) is 33.1. The van der Waals surface area contributed by atoms with Crippen LogP contribution in [0.1, 0.15) is 5.56 Å². The van der Waals surface area contributed by atoms with E-state index in [0.717, 1.165) is 33.7 Å². The van der Waals surface area contributed by atoms with Crippen LogP contribution >= 0.6 is 0 Å². The smallest absolute Gasteiger partial charge is 0.217 e. The Hall–Kier alpha value is -4.89. The zero-order valence-corrected chi connectivity index (χ0v) is 18.4. The maximum atomic E-state index is 10.0. The van der Waals surface area contributed by atoms with Crippen LogP contribution in [0, 0.1) is 11.3 Å². The fourth-order valence-corrected chi connectivity index (χ4v) is 3.73. The van der Waals surface area contributed by atoms with Gasteiger partial charge in [-0.25, -0.2) is 0 Å². The second-order valence-corrected chi connectivity index (χ2v) is 7.51. The maximum Gasteiger partial charge on any atom is 0.217 e. The summed E-state index contributed by atoms with van der Waals surface area (Å²) in [4.78, 5) is 0. The molecule has 6 heteroatoms. The summed E-state index contributed by atoms with van der Waals surface area (Å²) in [6.45, 7) is 0. The Morgan fingerprint density at radius 2 is 1.44 bits per heavy atom. The molecule has 2 heterocycles. The molecule has 2 aromatic heterocycles. The molecule has 0 aliphatic carbocycles. The van der Waals surface area contributed by atoms with Gasteiger partial charge in [0.05, 0.1) is 12.8 Å². The maximum absolute atomic E-state index is 10.0. The first-order chi connectivity index (χ1) is 16.8. The Morgan fingerprint density at radius 1 is 0.765 bits per heavy atom. The van der Waals surface area contributed by atoms with Crippen LogP contribution in [0.4, 0.5) is 11.7 Å². The van der Waals surface area contributed by atoms with Crippen molar-refractivity contribution in [2.24, 2.45) is 0 Å². The number of aromatic nitrogens is 2. The highest BCUT2D eigenvalue weighted by Crippen LogP contribution is 2.42. The number of anilines is 2. The van der Waals surface area contributed by atoms with E-state index in [4.69, 9.17) is 9.15 Å². The van der Waals surface area contributed by atoms with Gasteiger partial charge in [-0.2, -0.15) is 5.26 Å². The Balaban J connectivity index is 1.52. The van der Waals surface area contributed by atoms with Crippen LogP contribution in [0.2, 0.25) is 0 Å². The van der Waals surface area contributed by atoms with Gasteiger partial charge in [-0.15, -0.1) is 10.2 Å². The molecule has 5 aromatic rings. The second-order valence-electron chi connectivity index (χ2n) is 7.51. The first-order valence-corrected chi connectivity index (χ1v) is 10.7. The van der Waals surface area contributed by atoms with Crippen LogP contribution in [0.25, 0.3) is 33.7 Å². The molecular weight excluding hydrogens is 424 g/mol. The van der Waals surface area contributed by atoms with Crippen molar-refractivity contribution in [3.8, 4) is 45.5 Å². The molecule has 0 aliphatic heterocycles. The monoisotopic (exact) mass is 444 g/mol. The zero-order valence-electron chi connectivity index (χ0n) is 18.4. The fraction of sp³-hybridized carbons (Fsp3) is 0.0357. The number of nitrogens with one attached hydrogen (secondary N) is 1. The number of ether oxygens (including phenoxy) is 1. The summed E-state index contributed by atoms with van der Waals surface area (Å²) < 4.78 is 11.4. The number of methoxy groups -OCH3 is 1. The normalized spacial score (nSPS) is 10.5. The topological polar surface area (TPSA) is 84.0 Å². The highest BCUT2D eigenvalue weighted by atomic mass is 16.5. The molecule has 0 radical (unpaired) electrons. The number of hydrogen-bond donors (Lipinski definition) is 1. The van der Waals surface area contributed by atoms with Crippen molar-refractivity contribution < 1.29 is 9.15 Å². The summed E-state index contributed by atoms with van der Waals surface area (Å²) in [5.41, 5.74) is 4.57. The van der Waals surface area contributed by atoms with Gasteiger partial charge in [0.25, 0.3) is 0 Å². The van der Waals surface area contributed by atoms with Crippen molar-refractivity contribution in [3.05, 3.63) is 103 Å². The number of rotatable bonds is 6. The van der Waals surface area contributed by atoms with Gasteiger partial charge in [-0.1, -0.05) is 60.7 Å². The molecule has 0 saturated heterocycles. The van der Waals surface area contributed by atoms with Crippen LogP contribution in [0.3, 0.4) is 0 Å². The van der Waals surface area contributed by atoms with Crippen LogP contribution in [0.5, 0.6) is 5.75 Å². The van der Waals surface area contributed by atoms with E-state index in [1.165, 1.54) is 0 Å². The average molecular weight is 444 g/mol. The van der Waals surface area contributed by atoms with E-state index in [0.29, 0.717) is 23.0 Å². The van der Waals surface area contributed by atoms with Gasteiger partial charge in [0.15, 0.2) is 5.82 Å². The quantitative estimate of drug-likeness (QED) is 0.314. The fourth-order valence-electron chi connectivity index (χ4n) is 3.73. The molecule has 1 N–H and O–H groups in total. The van der Waals surface area contributed by atoms with E-state index in [9.17, 15) is 5.26 Å². The van der Waals surface area contributed by atoms with Crippen molar-refractivity contribution in [1.29, 1.82) is 5.26 Å². The lowest BCUT2D eigenvalue weighted by Gasteiger charge is -2.05. The number of hydrogen-bond acceptors (Lipinski definition) is 6. The van der Waals surface area contributed by atoms with Gasteiger partial charge in [-0.3, -0.25) is 0 Å². The minimum atomic E-state index is 0.326. The van der Waals surface area contributed by atoms with Gasteiger partial charge < -0.3 is 14.5 Å². The van der Waals surface area contributed by atoms with Crippen molar-refractivity contribution in [3.63, 3.8) is 0 Å². The summed E-state index contributed by atoms with van der Waals surface area (Å²) in [5, 5.41) is 21.8. The van der Waals surface area contributed by atoms with E-state index < -0.39 is 0 Å². The highest BCUT2D eigenvalue weighted by Gasteiger charge is 2.23. The van der Waals surface area contributed by atoms with Crippen LogP contribution in [-0.2, 0) is 0 Å². The van der Waals surface area contributed by atoms with Crippen molar-refractivity contribution in [2.75, 3.05) is 12.4 Å². The SMILES string of the molecule is COc1ccc(-c2ccc(Nc3oc(-c4ccccc4)c(-c4ccccc4)c3C#N)nn2)cc1. The van der Waals surface area contributed by atoms with Crippen LogP contribution in [0.15, 0.2) is 101 Å². The summed E-state index contributed by atoms with van der Waals surface area (Å²) in [5.74, 6) is 2.20. The lowest BCUT2D eigenvalue weighted by atomic mass is 9.98. The van der Waals surface area contributed by atoms with Gasteiger partial charge in [0.2, 0.25) is 5.88 Å². The van der Waals surface area contributed by atoms with Gasteiger partial charge in [-0.05, 0) is 42.0 Å². The van der Waals surface area contributed by atoms with Gasteiger partial charge in [0, 0.05) is 16.7 Å². The summed E-state index contributed by atoms with van der Waals surface area (Å²) in [6.07, 6.45) is 0. The molecule has 164 valence electrons. The predicted molar refractivity (Wildman–Crippen MR) is 132 cm³/mol. The van der Waals surface area contributed by atoms with Crippen LogP contribution < -0.4 is 10.1 Å². The molecule has 0 unspecified atom stereocenters. The molecule has 6 nitrogen and oxygen atoms in total. The molecule has 0 bridgehead atoms. The Labute approximate surface area is 197 Å².